The summed E-state index contributed by atoms with van der Waals surface area (Å²) in [7, 11) is -3.61. The molecule has 1 N–H and O–H groups in total. The van der Waals surface area contributed by atoms with Gasteiger partial charge in [-0.25, -0.2) is 8.42 Å². The van der Waals surface area contributed by atoms with Crippen molar-refractivity contribution in [3.63, 3.8) is 0 Å². The average molecular weight is 405 g/mol. The number of sulfonamides is 1. The van der Waals surface area contributed by atoms with E-state index in [4.69, 9.17) is 4.74 Å². The van der Waals surface area contributed by atoms with E-state index in [0.29, 0.717) is 18.2 Å². The largest absolute Gasteiger partial charge is 0.491 e. The van der Waals surface area contributed by atoms with Crippen molar-refractivity contribution in [3.05, 3.63) is 60.2 Å². The van der Waals surface area contributed by atoms with Crippen LogP contribution in [0.2, 0.25) is 0 Å². The number of anilines is 1. The first-order chi connectivity index (χ1) is 13.2. The summed E-state index contributed by atoms with van der Waals surface area (Å²) in [5.74, 6) is 0.747. The summed E-state index contributed by atoms with van der Waals surface area (Å²) >= 11 is 0. The second-order valence-corrected chi connectivity index (χ2v) is 8.76. The van der Waals surface area contributed by atoms with Gasteiger partial charge in [0, 0.05) is 0 Å². The van der Waals surface area contributed by atoms with E-state index in [0.717, 1.165) is 21.9 Å². The molecule has 7 heteroatoms. The van der Waals surface area contributed by atoms with Crippen LogP contribution in [0.3, 0.4) is 0 Å². The number of carbonyl (C=O) groups is 1. The molecular formula is C21H28N2O4S. The molecule has 0 saturated carbocycles. The first-order valence-electron chi connectivity index (χ1n) is 9.25. The molecule has 6 nitrogen and oxygen atoms in total. The third-order valence-corrected chi connectivity index (χ3v) is 5.54. The van der Waals surface area contributed by atoms with E-state index in [9.17, 15) is 13.2 Å². The van der Waals surface area contributed by atoms with E-state index in [1.54, 1.807) is 37.3 Å². The summed E-state index contributed by atoms with van der Waals surface area (Å²) in [6, 6.07) is 15.5. The van der Waals surface area contributed by atoms with Crippen LogP contribution in [-0.2, 0) is 14.8 Å². The number of nitrogens with one attached hydrogen (secondary N) is 1. The number of hydrogen-bond donors (Lipinski definition) is 1. The highest BCUT2D eigenvalue weighted by atomic mass is 32.2. The van der Waals surface area contributed by atoms with Gasteiger partial charge in [-0.2, -0.15) is 0 Å². The monoisotopic (exact) mass is 404 g/mol. The molecule has 0 bridgehead atoms. The lowest BCUT2D eigenvalue weighted by atomic mass is 10.0. The van der Waals surface area contributed by atoms with Gasteiger partial charge in [0.05, 0.1) is 18.5 Å². The van der Waals surface area contributed by atoms with Crippen LogP contribution in [0.25, 0.3) is 0 Å². The molecule has 0 saturated heterocycles. The van der Waals surface area contributed by atoms with E-state index < -0.39 is 16.1 Å². The van der Waals surface area contributed by atoms with Crippen LogP contribution < -0.4 is 14.4 Å². The fraction of sp³-hybridized carbons (Fsp3) is 0.381. The number of ether oxygens (including phenoxy) is 1. The Labute approximate surface area is 167 Å². The minimum absolute atomic E-state index is 0.280. The highest BCUT2D eigenvalue weighted by Crippen LogP contribution is 2.25. The lowest BCUT2D eigenvalue weighted by Crippen LogP contribution is -2.48. The highest BCUT2D eigenvalue weighted by Gasteiger charge is 2.28. The van der Waals surface area contributed by atoms with Gasteiger partial charge >= 0.3 is 0 Å². The third kappa shape index (κ3) is 5.73. The molecule has 152 valence electrons. The first-order valence-corrected chi connectivity index (χ1v) is 11.1. The molecule has 2 aromatic rings. The second kappa shape index (κ2) is 9.59. The van der Waals surface area contributed by atoms with Crippen molar-refractivity contribution in [3.8, 4) is 5.75 Å². The molecule has 0 fully saturated rings. The van der Waals surface area contributed by atoms with E-state index in [1.165, 1.54) is 0 Å². The van der Waals surface area contributed by atoms with Gasteiger partial charge in [-0.05, 0) is 36.6 Å². The first kappa shape index (κ1) is 21.8. The summed E-state index contributed by atoms with van der Waals surface area (Å²) in [6.45, 7) is 6.33. The zero-order valence-electron chi connectivity index (χ0n) is 16.8. The minimum atomic E-state index is -3.61. The molecule has 0 heterocycles. The van der Waals surface area contributed by atoms with Gasteiger partial charge in [-0.3, -0.25) is 9.10 Å². The van der Waals surface area contributed by atoms with Crippen LogP contribution in [0, 0.1) is 0 Å². The molecule has 0 aliphatic heterocycles. The SMILES string of the molecule is CC(C)c1ccccc1OCCNC(=O)C(C)N(c1ccccc1)S(C)(=O)=O. The Hall–Kier alpha value is -2.54. The number of nitrogens with zero attached hydrogens (tertiary/aromatic N) is 1. The summed E-state index contributed by atoms with van der Waals surface area (Å²) < 4.78 is 31.3. The summed E-state index contributed by atoms with van der Waals surface area (Å²) in [4.78, 5) is 12.5. The number of carbonyl (C=O) groups excluding carboxylic acids is 1. The normalized spacial score (nSPS) is 12.5. The topological polar surface area (TPSA) is 75.7 Å². The lowest BCUT2D eigenvalue weighted by Gasteiger charge is -2.28. The molecule has 1 amide bonds. The Morgan fingerprint density at radius 2 is 1.64 bits per heavy atom. The van der Waals surface area contributed by atoms with Crippen molar-refractivity contribution in [2.24, 2.45) is 0 Å². The number of rotatable bonds is 9. The van der Waals surface area contributed by atoms with Crippen LogP contribution in [-0.4, -0.2) is 39.8 Å². The Morgan fingerprint density at radius 3 is 2.25 bits per heavy atom. The van der Waals surface area contributed by atoms with Gasteiger partial charge in [0.15, 0.2) is 0 Å². The third-order valence-electron chi connectivity index (χ3n) is 4.30. The standard InChI is InChI=1S/C21H28N2O4S/c1-16(2)19-12-8-9-13-20(19)27-15-14-22-21(24)17(3)23(28(4,25)26)18-10-6-5-7-11-18/h5-13,16-17H,14-15H2,1-4H3,(H,22,24). The second-order valence-electron chi connectivity index (χ2n) is 6.90. The van der Waals surface area contributed by atoms with Crippen molar-refractivity contribution >= 4 is 21.6 Å². The zero-order valence-corrected chi connectivity index (χ0v) is 17.6. The number of hydrogen-bond acceptors (Lipinski definition) is 4. The lowest BCUT2D eigenvalue weighted by molar-refractivity contribution is -0.121. The maximum Gasteiger partial charge on any atom is 0.243 e. The van der Waals surface area contributed by atoms with Crippen LogP contribution >= 0.6 is 0 Å². The molecule has 0 aliphatic rings. The average Bonchev–Trinajstić information content (AvgIpc) is 2.65. The predicted molar refractivity (Wildman–Crippen MR) is 112 cm³/mol. The van der Waals surface area contributed by atoms with E-state index >= 15 is 0 Å². The quantitative estimate of drug-likeness (QED) is 0.652. The maximum atomic E-state index is 12.5. The van der Waals surface area contributed by atoms with Crippen LogP contribution in [0.4, 0.5) is 5.69 Å². The Morgan fingerprint density at radius 1 is 1.04 bits per heavy atom. The van der Waals surface area contributed by atoms with Crippen molar-refractivity contribution < 1.29 is 17.9 Å². The number of para-hydroxylation sites is 2. The minimum Gasteiger partial charge on any atom is -0.491 e. The van der Waals surface area contributed by atoms with Crippen molar-refractivity contribution in [1.82, 2.24) is 5.32 Å². The summed E-state index contributed by atoms with van der Waals surface area (Å²) in [5.41, 5.74) is 1.56. The zero-order chi connectivity index (χ0) is 20.7. The van der Waals surface area contributed by atoms with Gasteiger partial charge in [0.25, 0.3) is 0 Å². The predicted octanol–water partition coefficient (Wildman–Crippen LogP) is 3.16. The summed E-state index contributed by atoms with van der Waals surface area (Å²) in [5, 5.41) is 2.75. The van der Waals surface area contributed by atoms with Crippen LogP contribution in [0.5, 0.6) is 5.75 Å². The molecule has 2 rings (SSSR count). The van der Waals surface area contributed by atoms with E-state index in [-0.39, 0.29) is 12.5 Å². The molecule has 0 aromatic heterocycles. The molecule has 1 atom stereocenters. The molecule has 2 aromatic carbocycles. The van der Waals surface area contributed by atoms with Crippen molar-refractivity contribution in [1.29, 1.82) is 0 Å². The maximum absolute atomic E-state index is 12.5. The van der Waals surface area contributed by atoms with Gasteiger partial charge < -0.3 is 10.1 Å². The molecule has 0 radical (unpaired) electrons. The molecule has 1 unspecified atom stereocenters. The summed E-state index contributed by atoms with van der Waals surface area (Å²) in [6.07, 6.45) is 1.09. The van der Waals surface area contributed by atoms with E-state index in [1.807, 2.05) is 24.3 Å². The molecule has 0 spiro atoms. The van der Waals surface area contributed by atoms with Crippen molar-refractivity contribution in [2.45, 2.75) is 32.7 Å². The van der Waals surface area contributed by atoms with Crippen LogP contribution in [0.1, 0.15) is 32.3 Å². The Bertz CT molecular complexity index is 882. The fourth-order valence-corrected chi connectivity index (χ4v) is 4.13. The Kier molecular flexibility index (Phi) is 7.45. The van der Waals surface area contributed by atoms with Gasteiger partial charge in [-0.15, -0.1) is 0 Å². The van der Waals surface area contributed by atoms with Gasteiger partial charge in [0.2, 0.25) is 15.9 Å². The van der Waals surface area contributed by atoms with E-state index in [2.05, 4.69) is 19.2 Å². The van der Waals surface area contributed by atoms with Crippen molar-refractivity contribution in [2.75, 3.05) is 23.7 Å². The smallest absolute Gasteiger partial charge is 0.243 e. The van der Waals surface area contributed by atoms with Gasteiger partial charge in [0.1, 0.15) is 18.4 Å². The van der Waals surface area contributed by atoms with Gasteiger partial charge in [-0.1, -0.05) is 50.2 Å². The molecule has 28 heavy (non-hydrogen) atoms. The highest BCUT2D eigenvalue weighted by molar-refractivity contribution is 7.92. The number of benzene rings is 2. The number of amides is 1. The Balaban J connectivity index is 1.97. The fourth-order valence-electron chi connectivity index (χ4n) is 2.96. The van der Waals surface area contributed by atoms with Crippen LogP contribution in [0.15, 0.2) is 54.6 Å². The molecule has 0 aliphatic carbocycles. The molecular weight excluding hydrogens is 376 g/mol.